The zero-order valence-corrected chi connectivity index (χ0v) is 17.9. The predicted octanol–water partition coefficient (Wildman–Crippen LogP) is 1.68. The molecule has 8 heteroatoms. The molecule has 0 bridgehead atoms. The van der Waals surface area contributed by atoms with Gasteiger partial charge in [-0.15, -0.1) is 0 Å². The Morgan fingerprint density at radius 3 is 2.97 bits per heavy atom. The molecule has 2 aromatic heterocycles. The van der Waals surface area contributed by atoms with Crippen LogP contribution in [0.4, 0.5) is 0 Å². The highest BCUT2D eigenvalue weighted by molar-refractivity contribution is 5.93. The van der Waals surface area contributed by atoms with Crippen molar-refractivity contribution in [3.05, 3.63) is 48.0 Å². The lowest BCUT2D eigenvalue weighted by Gasteiger charge is -2.52. The van der Waals surface area contributed by atoms with E-state index >= 15 is 0 Å². The smallest absolute Gasteiger partial charge is 0.274 e. The van der Waals surface area contributed by atoms with E-state index in [0.717, 1.165) is 32.5 Å². The third kappa shape index (κ3) is 4.88. The van der Waals surface area contributed by atoms with E-state index in [2.05, 4.69) is 28.1 Å². The molecule has 0 N–H and O–H groups in total. The molecule has 0 radical (unpaired) electrons. The third-order valence-corrected chi connectivity index (χ3v) is 6.01. The molecule has 1 spiro atoms. The van der Waals surface area contributed by atoms with Gasteiger partial charge in [0.25, 0.3) is 5.91 Å². The molecule has 8 nitrogen and oxygen atoms in total. The maximum absolute atomic E-state index is 12.7. The summed E-state index contributed by atoms with van der Waals surface area (Å²) in [6.07, 6.45) is 7.68. The van der Waals surface area contributed by atoms with Crippen LogP contribution in [-0.4, -0.2) is 83.1 Å². The summed E-state index contributed by atoms with van der Waals surface area (Å²) in [5.41, 5.74) is 1.56. The Balaban J connectivity index is 1.20. The van der Waals surface area contributed by atoms with Crippen LogP contribution >= 0.6 is 0 Å². The first-order chi connectivity index (χ1) is 14.6. The fourth-order valence-electron chi connectivity index (χ4n) is 4.36. The molecule has 162 valence electrons. The second-order valence-corrected chi connectivity index (χ2v) is 8.57. The Morgan fingerprint density at radius 2 is 2.27 bits per heavy atom. The van der Waals surface area contributed by atoms with Gasteiger partial charge in [-0.2, -0.15) is 5.10 Å². The molecule has 0 unspecified atom stereocenters. The molecule has 0 saturated carbocycles. The second kappa shape index (κ2) is 9.24. The Labute approximate surface area is 177 Å². The van der Waals surface area contributed by atoms with Crippen LogP contribution in [0.3, 0.4) is 0 Å². The quantitative estimate of drug-likeness (QED) is 0.656. The molecule has 1 amide bonds. The molecular formula is C22H31N5O3. The minimum atomic E-state index is -0.160. The number of hydrogen-bond acceptors (Lipinski definition) is 6. The van der Waals surface area contributed by atoms with Gasteiger partial charge in [-0.1, -0.05) is 6.07 Å². The Kier molecular flexibility index (Phi) is 6.46. The number of likely N-dealkylation sites (tertiary alicyclic amines) is 1. The van der Waals surface area contributed by atoms with Crippen molar-refractivity contribution in [1.82, 2.24) is 24.6 Å². The Morgan fingerprint density at radius 1 is 1.40 bits per heavy atom. The van der Waals surface area contributed by atoms with Gasteiger partial charge >= 0.3 is 0 Å². The number of amides is 1. The number of carbonyl (C=O) groups is 1. The molecule has 2 aromatic rings. The molecule has 2 saturated heterocycles. The lowest BCUT2D eigenvalue weighted by Crippen LogP contribution is -2.66. The van der Waals surface area contributed by atoms with Gasteiger partial charge in [-0.25, -0.2) is 0 Å². The van der Waals surface area contributed by atoms with Crippen molar-refractivity contribution in [2.75, 3.05) is 47.0 Å². The van der Waals surface area contributed by atoms with Crippen molar-refractivity contribution in [2.45, 2.75) is 31.5 Å². The first-order valence-corrected chi connectivity index (χ1v) is 10.6. The van der Waals surface area contributed by atoms with Crippen molar-refractivity contribution in [3.8, 4) is 0 Å². The fraction of sp³-hybridized carbons (Fsp3) is 0.591. The van der Waals surface area contributed by atoms with Gasteiger partial charge in [0, 0.05) is 38.8 Å². The van der Waals surface area contributed by atoms with E-state index in [1.807, 2.05) is 23.4 Å². The lowest BCUT2D eigenvalue weighted by molar-refractivity contribution is -0.168. The van der Waals surface area contributed by atoms with E-state index < -0.39 is 0 Å². The van der Waals surface area contributed by atoms with Crippen molar-refractivity contribution in [2.24, 2.45) is 5.92 Å². The van der Waals surface area contributed by atoms with Crippen molar-refractivity contribution in [1.29, 1.82) is 0 Å². The van der Waals surface area contributed by atoms with Gasteiger partial charge in [-0.3, -0.25) is 14.5 Å². The summed E-state index contributed by atoms with van der Waals surface area (Å²) >= 11 is 0. The van der Waals surface area contributed by atoms with Gasteiger partial charge in [0.2, 0.25) is 0 Å². The van der Waals surface area contributed by atoms with Crippen molar-refractivity contribution in [3.63, 3.8) is 0 Å². The summed E-state index contributed by atoms with van der Waals surface area (Å²) in [5, 5.41) is 4.36. The molecule has 4 heterocycles. The van der Waals surface area contributed by atoms with E-state index in [0.29, 0.717) is 37.9 Å². The molecular weight excluding hydrogens is 382 g/mol. The predicted molar refractivity (Wildman–Crippen MR) is 112 cm³/mol. The fourth-order valence-corrected chi connectivity index (χ4v) is 4.36. The topological polar surface area (TPSA) is 72.7 Å². The third-order valence-electron chi connectivity index (χ3n) is 6.01. The highest BCUT2D eigenvalue weighted by Gasteiger charge is 2.48. The average Bonchev–Trinajstić information content (AvgIpc) is 3.20. The number of methoxy groups -OCH3 is 1. The van der Waals surface area contributed by atoms with Gasteiger partial charge < -0.3 is 19.3 Å². The van der Waals surface area contributed by atoms with Crippen molar-refractivity contribution < 1.29 is 14.3 Å². The SMILES string of the molecule is COCCn1ccc(C(=O)N2CC3(CC[C@@H](CN(C)Cc4cccnc4)CO3)C2)n1. The monoisotopic (exact) mass is 413 g/mol. The highest BCUT2D eigenvalue weighted by Crippen LogP contribution is 2.36. The van der Waals surface area contributed by atoms with Gasteiger partial charge in [-0.05, 0) is 43.5 Å². The molecule has 0 aromatic carbocycles. The van der Waals surface area contributed by atoms with E-state index in [1.54, 1.807) is 24.1 Å². The van der Waals surface area contributed by atoms with Gasteiger partial charge in [0.15, 0.2) is 0 Å². The lowest BCUT2D eigenvalue weighted by atomic mass is 9.82. The maximum Gasteiger partial charge on any atom is 0.274 e. The van der Waals surface area contributed by atoms with Crippen LogP contribution in [0, 0.1) is 5.92 Å². The number of ether oxygens (including phenoxy) is 2. The number of carbonyl (C=O) groups excluding carboxylic acids is 1. The Hall–Kier alpha value is -2.29. The standard InChI is InChI=1S/C22H31N5O3/c1-25(13-18-4-3-8-23-12-18)14-19-5-7-22(30-15-19)16-26(17-22)21(28)20-6-9-27(24-20)10-11-29-2/h3-4,6,8-9,12,19H,5,7,10-11,13-17H2,1-2H3/t19-/m0/s1. The molecule has 2 fully saturated rings. The summed E-state index contributed by atoms with van der Waals surface area (Å²) in [7, 11) is 3.80. The average molecular weight is 414 g/mol. The van der Waals surface area contributed by atoms with E-state index in [9.17, 15) is 4.79 Å². The van der Waals surface area contributed by atoms with Crippen LogP contribution in [0.1, 0.15) is 28.9 Å². The molecule has 2 aliphatic heterocycles. The van der Waals surface area contributed by atoms with E-state index in [4.69, 9.17) is 9.47 Å². The summed E-state index contributed by atoms with van der Waals surface area (Å²) in [6, 6.07) is 5.86. The number of rotatable bonds is 8. The largest absolute Gasteiger partial charge is 0.383 e. The van der Waals surface area contributed by atoms with Crippen LogP contribution in [0.25, 0.3) is 0 Å². The number of pyridine rings is 1. The second-order valence-electron chi connectivity index (χ2n) is 8.57. The van der Waals surface area contributed by atoms with Crippen molar-refractivity contribution >= 4 is 5.91 Å². The number of aromatic nitrogens is 3. The summed E-state index contributed by atoms with van der Waals surface area (Å²) in [6.45, 7) is 5.21. The number of nitrogens with zero attached hydrogens (tertiary/aromatic N) is 5. The maximum atomic E-state index is 12.7. The first kappa shape index (κ1) is 21.0. The highest BCUT2D eigenvalue weighted by atomic mass is 16.5. The van der Waals surface area contributed by atoms with E-state index in [1.165, 1.54) is 5.56 Å². The van der Waals surface area contributed by atoms with Crippen LogP contribution in [0.15, 0.2) is 36.8 Å². The molecule has 30 heavy (non-hydrogen) atoms. The zero-order chi connectivity index (χ0) is 21.0. The van der Waals surface area contributed by atoms with Crippen LogP contribution in [0.5, 0.6) is 0 Å². The molecule has 0 aliphatic carbocycles. The van der Waals surface area contributed by atoms with Crippen LogP contribution in [-0.2, 0) is 22.6 Å². The van der Waals surface area contributed by atoms with Gasteiger partial charge in [0.05, 0.1) is 32.8 Å². The minimum Gasteiger partial charge on any atom is -0.383 e. The summed E-state index contributed by atoms with van der Waals surface area (Å²) in [4.78, 5) is 21.0. The van der Waals surface area contributed by atoms with E-state index in [-0.39, 0.29) is 11.5 Å². The summed E-state index contributed by atoms with van der Waals surface area (Å²) in [5.74, 6) is 0.511. The van der Waals surface area contributed by atoms with Crippen LogP contribution in [0.2, 0.25) is 0 Å². The zero-order valence-electron chi connectivity index (χ0n) is 17.9. The normalized spacial score (nSPS) is 20.5. The number of hydrogen-bond donors (Lipinski definition) is 0. The van der Waals surface area contributed by atoms with Gasteiger partial charge in [0.1, 0.15) is 11.3 Å². The molecule has 2 aliphatic rings. The first-order valence-electron chi connectivity index (χ1n) is 10.6. The summed E-state index contributed by atoms with van der Waals surface area (Å²) < 4.78 is 13.1. The minimum absolute atomic E-state index is 0.0151. The molecule has 1 atom stereocenters. The molecule has 4 rings (SSSR count). The van der Waals surface area contributed by atoms with Crippen LogP contribution < -0.4 is 0 Å². The Bertz CT molecular complexity index is 824.